The topological polar surface area (TPSA) is 67.2 Å². The third-order valence-corrected chi connectivity index (χ3v) is 3.58. The van der Waals surface area contributed by atoms with Crippen LogP contribution in [0.2, 0.25) is 0 Å². The average molecular weight is 289 g/mol. The summed E-state index contributed by atoms with van der Waals surface area (Å²) in [6.07, 6.45) is 1.71. The van der Waals surface area contributed by atoms with Crippen LogP contribution >= 0.6 is 11.3 Å². The van der Waals surface area contributed by atoms with Crippen LogP contribution < -0.4 is 5.32 Å². The van der Waals surface area contributed by atoms with Crippen LogP contribution in [0.15, 0.2) is 17.6 Å². The van der Waals surface area contributed by atoms with Crippen LogP contribution in [-0.2, 0) is 13.6 Å². The molecular formula is C14H15N3O2S. The Kier molecular flexibility index (Phi) is 4.56. The summed E-state index contributed by atoms with van der Waals surface area (Å²) < 4.78 is 1.62. The van der Waals surface area contributed by atoms with Crippen molar-refractivity contribution in [2.24, 2.45) is 7.05 Å². The third-order valence-electron chi connectivity index (χ3n) is 2.65. The Hall–Kier alpha value is -2.10. The summed E-state index contributed by atoms with van der Waals surface area (Å²) in [4.78, 5) is 13.0. The largest absolute Gasteiger partial charge is 0.384 e. The first-order chi connectivity index (χ1) is 9.60. The molecule has 20 heavy (non-hydrogen) atoms. The second kappa shape index (κ2) is 6.37. The first-order valence-electron chi connectivity index (χ1n) is 6.05. The Morgan fingerprint density at radius 1 is 1.60 bits per heavy atom. The molecule has 2 aromatic heterocycles. The highest BCUT2D eigenvalue weighted by molar-refractivity contribution is 7.10. The fraction of sp³-hybridized carbons (Fsp3) is 0.286. The van der Waals surface area contributed by atoms with Gasteiger partial charge in [0.1, 0.15) is 6.61 Å². The van der Waals surface area contributed by atoms with E-state index in [1.165, 1.54) is 11.3 Å². The molecule has 0 bridgehead atoms. The zero-order chi connectivity index (χ0) is 14.5. The van der Waals surface area contributed by atoms with E-state index in [2.05, 4.69) is 22.3 Å². The number of carbonyl (C=O) groups excluding carboxylic acids is 1. The minimum absolute atomic E-state index is 0.132. The number of hydrogen-bond acceptors (Lipinski definition) is 4. The fourth-order valence-corrected chi connectivity index (χ4v) is 2.52. The van der Waals surface area contributed by atoms with Gasteiger partial charge in [0, 0.05) is 29.1 Å². The SMILES string of the molecule is Cc1nn(C)cc1C(=O)NCc1cc(C#CCO)cs1. The summed E-state index contributed by atoms with van der Waals surface area (Å²) in [5.74, 6) is 5.29. The Morgan fingerprint density at radius 3 is 3.05 bits per heavy atom. The van der Waals surface area contributed by atoms with Crippen LogP contribution in [0, 0.1) is 18.8 Å². The number of aliphatic hydroxyl groups is 1. The van der Waals surface area contributed by atoms with E-state index in [-0.39, 0.29) is 12.5 Å². The summed E-state index contributed by atoms with van der Waals surface area (Å²) in [6, 6.07) is 1.91. The molecule has 0 aliphatic carbocycles. The van der Waals surface area contributed by atoms with Gasteiger partial charge in [0.2, 0.25) is 0 Å². The summed E-state index contributed by atoms with van der Waals surface area (Å²) in [5, 5.41) is 17.5. The maximum absolute atomic E-state index is 12.0. The molecule has 2 heterocycles. The molecule has 0 fully saturated rings. The Labute approximate surface area is 121 Å². The number of amides is 1. The van der Waals surface area contributed by atoms with Gasteiger partial charge in [-0.15, -0.1) is 11.3 Å². The molecule has 0 saturated heterocycles. The fourth-order valence-electron chi connectivity index (χ4n) is 1.77. The summed E-state index contributed by atoms with van der Waals surface area (Å²) in [5.41, 5.74) is 2.15. The molecule has 2 aromatic rings. The van der Waals surface area contributed by atoms with Crippen LogP contribution in [0.5, 0.6) is 0 Å². The normalized spacial score (nSPS) is 9.95. The highest BCUT2D eigenvalue weighted by Crippen LogP contribution is 2.14. The van der Waals surface area contributed by atoms with Crippen molar-refractivity contribution < 1.29 is 9.90 Å². The van der Waals surface area contributed by atoms with Gasteiger partial charge in [-0.25, -0.2) is 0 Å². The minimum Gasteiger partial charge on any atom is -0.384 e. The molecule has 0 saturated carbocycles. The van der Waals surface area contributed by atoms with Crippen LogP contribution in [-0.4, -0.2) is 27.4 Å². The van der Waals surface area contributed by atoms with Gasteiger partial charge in [-0.05, 0) is 13.0 Å². The average Bonchev–Trinajstić information content (AvgIpc) is 3.00. The molecule has 0 aliphatic heterocycles. The number of carbonyl (C=O) groups is 1. The molecule has 2 rings (SSSR count). The van der Waals surface area contributed by atoms with Crippen LogP contribution in [0.1, 0.15) is 26.5 Å². The van der Waals surface area contributed by atoms with Crippen LogP contribution in [0.4, 0.5) is 0 Å². The molecule has 0 unspecified atom stereocenters. The van der Waals surface area contributed by atoms with Gasteiger partial charge < -0.3 is 10.4 Å². The number of nitrogens with zero attached hydrogens (tertiary/aromatic N) is 2. The molecule has 0 radical (unpaired) electrons. The maximum Gasteiger partial charge on any atom is 0.255 e. The number of aliphatic hydroxyl groups excluding tert-OH is 1. The molecule has 0 atom stereocenters. The van der Waals surface area contributed by atoms with Crippen molar-refractivity contribution >= 4 is 17.2 Å². The number of aromatic nitrogens is 2. The standard InChI is InChI=1S/C14H15N3O2S/c1-10-13(8-17(2)16-10)14(19)15-7-12-6-11(9-20-12)4-3-5-18/h6,8-9,18H,5,7H2,1-2H3,(H,15,19). The molecule has 2 N–H and O–H groups in total. The van der Waals surface area contributed by atoms with Gasteiger partial charge in [-0.1, -0.05) is 11.8 Å². The van der Waals surface area contributed by atoms with E-state index in [4.69, 9.17) is 5.11 Å². The first kappa shape index (κ1) is 14.3. The van der Waals surface area contributed by atoms with Crippen molar-refractivity contribution in [3.8, 4) is 11.8 Å². The van der Waals surface area contributed by atoms with E-state index in [1.54, 1.807) is 17.9 Å². The predicted molar refractivity (Wildman–Crippen MR) is 77.4 cm³/mol. The number of nitrogens with one attached hydrogen (secondary N) is 1. The van der Waals surface area contributed by atoms with Crippen molar-refractivity contribution in [2.75, 3.05) is 6.61 Å². The summed E-state index contributed by atoms with van der Waals surface area (Å²) in [7, 11) is 1.79. The quantitative estimate of drug-likeness (QED) is 0.830. The lowest BCUT2D eigenvalue weighted by Crippen LogP contribution is -2.22. The van der Waals surface area contributed by atoms with E-state index < -0.39 is 0 Å². The van der Waals surface area contributed by atoms with Crippen molar-refractivity contribution in [3.05, 3.63) is 39.3 Å². The lowest BCUT2D eigenvalue weighted by Gasteiger charge is -2.01. The van der Waals surface area contributed by atoms with E-state index in [0.717, 1.165) is 10.4 Å². The zero-order valence-corrected chi connectivity index (χ0v) is 12.1. The van der Waals surface area contributed by atoms with E-state index in [9.17, 15) is 4.79 Å². The monoisotopic (exact) mass is 289 g/mol. The van der Waals surface area contributed by atoms with Gasteiger partial charge in [0.05, 0.1) is 17.8 Å². The number of hydrogen-bond donors (Lipinski definition) is 2. The summed E-state index contributed by atoms with van der Waals surface area (Å²) in [6.45, 7) is 2.11. The van der Waals surface area contributed by atoms with E-state index in [0.29, 0.717) is 17.8 Å². The van der Waals surface area contributed by atoms with Gasteiger partial charge in [-0.3, -0.25) is 9.48 Å². The molecule has 1 amide bonds. The second-order valence-corrected chi connectivity index (χ2v) is 5.24. The third kappa shape index (κ3) is 3.47. The highest BCUT2D eigenvalue weighted by Gasteiger charge is 2.12. The molecular weight excluding hydrogens is 274 g/mol. The van der Waals surface area contributed by atoms with E-state index >= 15 is 0 Å². The number of aryl methyl sites for hydroxylation is 2. The van der Waals surface area contributed by atoms with Crippen molar-refractivity contribution in [1.29, 1.82) is 0 Å². The van der Waals surface area contributed by atoms with Gasteiger partial charge in [-0.2, -0.15) is 5.10 Å². The van der Waals surface area contributed by atoms with Gasteiger partial charge in [0.25, 0.3) is 5.91 Å². The van der Waals surface area contributed by atoms with Crippen LogP contribution in [0.25, 0.3) is 0 Å². The number of thiophene rings is 1. The maximum atomic E-state index is 12.0. The van der Waals surface area contributed by atoms with Crippen molar-refractivity contribution in [1.82, 2.24) is 15.1 Å². The minimum atomic E-state index is -0.151. The summed E-state index contributed by atoms with van der Waals surface area (Å²) >= 11 is 1.53. The lowest BCUT2D eigenvalue weighted by atomic mass is 10.2. The first-order valence-corrected chi connectivity index (χ1v) is 6.93. The smallest absolute Gasteiger partial charge is 0.255 e. The van der Waals surface area contributed by atoms with E-state index in [1.807, 2.05) is 18.4 Å². The zero-order valence-electron chi connectivity index (χ0n) is 11.3. The Bertz CT molecular complexity index is 676. The van der Waals surface area contributed by atoms with Crippen molar-refractivity contribution in [3.63, 3.8) is 0 Å². The van der Waals surface area contributed by atoms with Gasteiger partial charge >= 0.3 is 0 Å². The lowest BCUT2D eigenvalue weighted by molar-refractivity contribution is 0.0950. The molecule has 0 spiro atoms. The number of rotatable bonds is 3. The Morgan fingerprint density at radius 2 is 2.40 bits per heavy atom. The van der Waals surface area contributed by atoms with Crippen LogP contribution in [0.3, 0.4) is 0 Å². The molecule has 6 heteroatoms. The Balaban J connectivity index is 1.96. The molecule has 0 aromatic carbocycles. The second-order valence-electron chi connectivity index (χ2n) is 4.25. The van der Waals surface area contributed by atoms with Crippen molar-refractivity contribution in [2.45, 2.75) is 13.5 Å². The predicted octanol–water partition coefficient (Wildman–Crippen LogP) is 1.06. The highest BCUT2D eigenvalue weighted by atomic mass is 32.1. The molecule has 0 aliphatic rings. The molecule has 5 nitrogen and oxygen atoms in total. The molecule has 104 valence electrons. The van der Waals surface area contributed by atoms with Gasteiger partial charge in [0.15, 0.2) is 0 Å².